The molecule has 0 heterocycles. The molecule has 0 saturated heterocycles. The molecule has 1 atom stereocenters. The van der Waals surface area contributed by atoms with E-state index in [2.05, 4.69) is 0 Å². The molecule has 0 aliphatic rings. The molecule has 17 heavy (non-hydrogen) atoms. The van der Waals surface area contributed by atoms with Gasteiger partial charge in [0, 0.05) is 13.2 Å². The fourth-order valence-corrected chi connectivity index (χ4v) is 1.31. The van der Waals surface area contributed by atoms with Gasteiger partial charge in [-0.05, 0) is 12.1 Å². The van der Waals surface area contributed by atoms with Gasteiger partial charge in [0.2, 0.25) is 0 Å². The Hall–Kier alpha value is -1.59. The zero-order valence-corrected chi connectivity index (χ0v) is 9.88. The number of aldehydes is 1. The molecule has 0 radical (unpaired) electrons. The molecule has 1 unspecified atom stereocenters. The van der Waals surface area contributed by atoms with Crippen LogP contribution in [0.3, 0.4) is 0 Å². The Morgan fingerprint density at radius 3 is 2.71 bits per heavy atom. The third kappa shape index (κ3) is 4.05. The molecule has 1 aromatic rings. The smallest absolute Gasteiger partial charge is 0.153 e. The van der Waals surface area contributed by atoms with Gasteiger partial charge in [-0.15, -0.1) is 0 Å². The second-order valence-corrected chi connectivity index (χ2v) is 3.44. The minimum atomic E-state index is -0.684. The number of aliphatic hydroxyl groups is 1. The van der Waals surface area contributed by atoms with Crippen LogP contribution in [-0.2, 0) is 4.74 Å². The van der Waals surface area contributed by atoms with Crippen molar-refractivity contribution in [3.8, 4) is 11.5 Å². The van der Waals surface area contributed by atoms with Gasteiger partial charge in [-0.2, -0.15) is 0 Å². The van der Waals surface area contributed by atoms with Crippen LogP contribution in [0.1, 0.15) is 10.4 Å². The fraction of sp³-hybridized carbons (Fsp3) is 0.417. The van der Waals surface area contributed by atoms with Crippen LogP contribution in [0.2, 0.25) is 0 Å². The van der Waals surface area contributed by atoms with Crippen molar-refractivity contribution in [1.82, 2.24) is 0 Å². The lowest BCUT2D eigenvalue weighted by atomic mass is 10.2. The normalized spacial score (nSPS) is 11.9. The Bertz CT molecular complexity index is 364. The van der Waals surface area contributed by atoms with Gasteiger partial charge in [-0.3, -0.25) is 4.79 Å². The lowest BCUT2D eigenvalue weighted by Crippen LogP contribution is -2.22. The Kier molecular flexibility index (Phi) is 5.45. The van der Waals surface area contributed by atoms with Crippen LogP contribution in [0, 0.1) is 0 Å². The van der Waals surface area contributed by atoms with E-state index in [1.54, 1.807) is 18.2 Å². The summed E-state index contributed by atoms with van der Waals surface area (Å²) in [5.74, 6) is 0.973. The molecule has 5 heteroatoms. The van der Waals surface area contributed by atoms with Crippen molar-refractivity contribution in [3.63, 3.8) is 0 Å². The minimum absolute atomic E-state index is 0.122. The van der Waals surface area contributed by atoms with Crippen molar-refractivity contribution < 1.29 is 24.1 Å². The van der Waals surface area contributed by atoms with Gasteiger partial charge in [-0.1, -0.05) is 0 Å². The Balaban J connectivity index is 2.63. The summed E-state index contributed by atoms with van der Waals surface area (Å²) in [5.41, 5.74) is 0.456. The molecule has 1 rings (SSSR count). The van der Waals surface area contributed by atoms with Crippen molar-refractivity contribution in [2.24, 2.45) is 0 Å². The molecule has 94 valence electrons. The molecule has 0 aliphatic carbocycles. The first-order valence-corrected chi connectivity index (χ1v) is 5.14. The standard InChI is InChI=1S/C12H16O5/c1-15-7-10(14)8-17-11-4-3-9(6-13)12(5-11)16-2/h3-6,10,14H,7-8H2,1-2H3. The number of carbonyl (C=O) groups is 1. The zero-order valence-electron chi connectivity index (χ0n) is 9.88. The summed E-state index contributed by atoms with van der Waals surface area (Å²) < 4.78 is 15.1. The van der Waals surface area contributed by atoms with E-state index in [0.29, 0.717) is 23.3 Å². The first-order valence-electron chi connectivity index (χ1n) is 5.14. The van der Waals surface area contributed by atoms with Gasteiger partial charge >= 0.3 is 0 Å². The highest BCUT2D eigenvalue weighted by molar-refractivity contribution is 5.79. The largest absolute Gasteiger partial charge is 0.496 e. The van der Waals surface area contributed by atoms with Crippen molar-refractivity contribution in [2.75, 3.05) is 27.4 Å². The summed E-state index contributed by atoms with van der Waals surface area (Å²) in [5, 5.41) is 9.40. The van der Waals surface area contributed by atoms with Gasteiger partial charge in [0.05, 0.1) is 19.3 Å². The molecule has 0 saturated carbocycles. The van der Waals surface area contributed by atoms with E-state index in [9.17, 15) is 9.90 Å². The summed E-state index contributed by atoms with van der Waals surface area (Å²) >= 11 is 0. The topological polar surface area (TPSA) is 65.0 Å². The highest BCUT2D eigenvalue weighted by Gasteiger charge is 2.07. The van der Waals surface area contributed by atoms with E-state index in [0.717, 1.165) is 0 Å². The Morgan fingerprint density at radius 1 is 1.35 bits per heavy atom. The summed E-state index contributed by atoms with van der Waals surface area (Å²) in [7, 11) is 2.98. The van der Waals surface area contributed by atoms with E-state index in [4.69, 9.17) is 14.2 Å². The second kappa shape index (κ2) is 6.88. The second-order valence-electron chi connectivity index (χ2n) is 3.44. The monoisotopic (exact) mass is 240 g/mol. The van der Waals surface area contributed by atoms with E-state index in [1.165, 1.54) is 14.2 Å². The van der Waals surface area contributed by atoms with Crippen LogP contribution in [0.15, 0.2) is 18.2 Å². The third-order valence-corrected chi connectivity index (χ3v) is 2.13. The Morgan fingerprint density at radius 2 is 2.12 bits per heavy atom. The van der Waals surface area contributed by atoms with Crippen LogP contribution in [0.25, 0.3) is 0 Å². The van der Waals surface area contributed by atoms with E-state index in [1.807, 2.05) is 0 Å². The molecule has 0 bridgehead atoms. The number of aliphatic hydroxyl groups excluding tert-OH is 1. The number of benzene rings is 1. The number of hydrogen-bond donors (Lipinski definition) is 1. The molecule has 5 nitrogen and oxygen atoms in total. The van der Waals surface area contributed by atoms with Gasteiger partial charge in [0.25, 0.3) is 0 Å². The summed E-state index contributed by atoms with van der Waals surface area (Å²) in [6.07, 6.45) is 0.0271. The maximum atomic E-state index is 10.7. The molecule has 0 aliphatic heterocycles. The minimum Gasteiger partial charge on any atom is -0.496 e. The average Bonchev–Trinajstić information content (AvgIpc) is 2.36. The predicted octanol–water partition coefficient (Wildman–Crippen LogP) is 0.894. The number of methoxy groups -OCH3 is 2. The van der Waals surface area contributed by atoms with Gasteiger partial charge in [0.1, 0.15) is 24.2 Å². The highest BCUT2D eigenvalue weighted by atomic mass is 16.5. The Labute approximate surface area is 99.9 Å². The SMILES string of the molecule is COCC(O)COc1ccc(C=O)c(OC)c1. The van der Waals surface area contributed by atoms with Crippen LogP contribution in [-0.4, -0.2) is 44.9 Å². The number of hydrogen-bond acceptors (Lipinski definition) is 5. The molecule has 1 aromatic carbocycles. The maximum absolute atomic E-state index is 10.7. The van der Waals surface area contributed by atoms with Crippen molar-refractivity contribution >= 4 is 6.29 Å². The van der Waals surface area contributed by atoms with Crippen LogP contribution in [0.5, 0.6) is 11.5 Å². The first-order chi connectivity index (χ1) is 8.21. The highest BCUT2D eigenvalue weighted by Crippen LogP contribution is 2.23. The predicted molar refractivity (Wildman–Crippen MR) is 61.8 cm³/mol. The summed E-state index contributed by atoms with van der Waals surface area (Å²) in [6, 6.07) is 4.85. The molecule has 0 spiro atoms. The average molecular weight is 240 g/mol. The molecular weight excluding hydrogens is 224 g/mol. The lowest BCUT2D eigenvalue weighted by Gasteiger charge is -2.12. The number of rotatable bonds is 7. The quantitative estimate of drug-likeness (QED) is 0.717. The van der Waals surface area contributed by atoms with Crippen LogP contribution in [0.4, 0.5) is 0 Å². The number of carbonyl (C=O) groups excluding carboxylic acids is 1. The zero-order chi connectivity index (χ0) is 12.7. The molecular formula is C12H16O5. The van der Waals surface area contributed by atoms with Gasteiger partial charge in [0.15, 0.2) is 6.29 Å². The first kappa shape index (κ1) is 13.5. The molecule has 0 fully saturated rings. The van der Waals surface area contributed by atoms with Gasteiger partial charge in [-0.25, -0.2) is 0 Å². The van der Waals surface area contributed by atoms with E-state index >= 15 is 0 Å². The van der Waals surface area contributed by atoms with Crippen molar-refractivity contribution in [2.45, 2.75) is 6.10 Å². The van der Waals surface area contributed by atoms with Gasteiger partial charge < -0.3 is 19.3 Å². The van der Waals surface area contributed by atoms with E-state index < -0.39 is 6.10 Å². The molecule has 1 N–H and O–H groups in total. The lowest BCUT2D eigenvalue weighted by molar-refractivity contribution is 0.0325. The fourth-order valence-electron chi connectivity index (χ4n) is 1.31. The van der Waals surface area contributed by atoms with Crippen LogP contribution >= 0.6 is 0 Å². The van der Waals surface area contributed by atoms with E-state index in [-0.39, 0.29) is 13.2 Å². The summed E-state index contributed by atoms with van der Waals surface area (Å²) in [6.45, 7) is 0.334. The van der Waals surface area contributed by atoms with Crippen LogP contribution < -0.4 is 9.47 Å². The summed E-state index contributed by atoms with van der Waals surface area (Å²) in [4.78, 5) is 10.7. The molecule has 0 amide bonds. The maximum Gasteiger partial charge on any atom is 0.153 e. The van der Waals surface area contributed by atoms with Crippen molar-refractivity contribution in [1.29, 1.82) is 0 Å². The number of ether oxygens (including phenoxy) is 3. The third-order valence-electron chi connectivity index (χ3n) is 2.13. The molecule has 0 aromatic heterocycles. The van der Waals surface area contributed by atoms with Crippen molar-refractivity contribution in [3.05, 3.63) is 23.8 Å².